The molecule has 0 aliphatic heterocycles. The topological polar surface area (TPSA) is 59.1 Å². The van der Waals surface area contributed by atoms with Gasteiger partial charge in [0.2, 0.25) is 10.0 Å². The Bertz CT molecular complexity index is 838. The Morgan fingerprint density at radius 1 is 1.10 bits per heavy atom. The summed E-state index contributed by atoms with van der Waals surface area (Å²) in [7, 11) is -3.39. The van der Waals surface area contributed by atoms with Gasteiger partial charge in [-0.25, -0.2) is 13.1 Å². The van der Waals surface area contributed by atoms with Gasteiger partial charge in [0.1, 0.15) is 4.21 Å². The Morgan fingerprint density at radius 3 is 2.76 bits per heavy atom. The van der Waals surface area contributed by atoms with Crippen LogP contribution < -0.4 is 4.72 Å². The third-order valence-corrected chi connectivity index (χ3v) is 6.02. The van der Waals surface area contributed by atoms with Crippen LogP contribution in [0, 0.1) is 0 Å². The normalized spacial score (nSPS) is 11.8. The molecule has 108 valence electrons. The fraction of sp³-hybridized carbons (Fsp3) is 0.133. The molecule has 3 aromatic rings. The molecule has 0 saturated heterocycles. The lowest BCUT2D eigenvalue weighted by Crippen LogP contribution is -2.25. The molecule has 0 aliphatic carbocycles. The van der Waals surface area contributed by atoms with Crippen LogP contribution in [0.1, 0.15) is 5.56 Å². The summed E-state index contributed by atoms with van der Waals surface area (Å²) in [5, 5.41) is 2.82. The molecule has 6 heteroatoms. The maximum Gasteiger partial charge on any atom is 0.250 e. The van der Waals surface area contributed by atoms with Gasteiger partial charge >= 0.3 is 0 Å². The molecular weight excluding hydrogens is 304 g/mol. The van der Waals surface area contributed by atoms with E-state index in [9.17, 15) is 8.42 Å². The van der Waals surface area contributed by atoms with Crippen LogP contribution in [0.25, 0.3) is 10.9 Å². The van der Waals surface area contributed by atoms with Gasteiger partial charge in [-0.1, -0.05) is 30.3 Å². The molecule has 2 aromatic heterocycles. The van der Waals surface area contributed by atoms with Gasteiger partial charge in [0.05, 0.1) is 5.52 Å². The summed E-state index contributed by atoms with van der Waals surface area (Å²) in [6, 6.07) is 13.2. The predicted molar refractivity (Wildman–Crippen MR) is 85.0 cm³/mol. The lowest BCUT2D eigenvalue weighted by molar-refractivity contribution is 0.584. The molecule has 0 amide bonds. The number of aromatic nitrogens is 1. The molecule has 0 bridgehead atoms. The van der Waals surface area contributed by atoms with Gasteiger partial charge < -0.3 is 0 Å². The maximum atomic E-state index is 12.0. The third kappa shape index (κ3) is 3.12. The van der Waals surface area contributed by atoms with Crippen LogP contribution in [0.2, 0.25) is 0 Å². The number of pyridine rings is 1. The first kappa shape index (κ1) is 14.2. The Kier molecular flexibility index (Phi) is 4.01. The average Bonchev–Trinajstić information content (AvgIpc) is 3.02. The van der Waals surface area contributed by atoms with E-state index in [1.54, 1.807) is 23.7 Å². The summed E-state index contributed by atoms with van der Waals surface area (Å²) < 4.78 is 27.0. The van der Waals surface area contributed by atoms with Crippen molar-refractivity contribution in [3.05, 3.63) is 59.6 Å². The van der Waals surface area contributed by atoms with Crippen LogP contribution in [0.5, 0.6) is 0 Å². The van der Waals surface area contributed by atoms with Crippen molar-refractivity contribution in [1.29, 1.82) is 0 Å². The molecule has 2 heterocycles. The van der Waals surface area contributed by atoms with Crippen molar-refractivity contribution < 1.29 is 8.42 Å². The summed E-state index contributed by atoms with van der Waals surface area (Å²) in [6.07, 6.45) is 2.36. The van der Waals surface area contributed by atoms with Crippen molar-refractivity contribution in [3.8, 4) is 0 Å². The van der Waals surface area contributed by atoms with E-state index in [0.717, 1.165) is 16.5 Å². The second kappa shape index (κ2) is 5.93. The van der Waals surface area contributed by atoms with Gasteiger partial charge in [-0.05, 0) is 29.5 Å². The molecule has 0 radical (unpaired) electrons. The Hall–Kier alpha value is -1.76. The highest BCUT2D eigenvalue weighted by molar-refractivity contribution is 7.91. The monoisotopic (exact) mass is 318 g/mol. The van der Waals surface area contributed by atoms with Gasteiger partial charge in [0.25, 0.3) is 0 Å². The first-order valence-corrected chi connectivity index (χ1v) is 8.89. The van der Waals surface area contributed by atoms with Gasteiger partial charge in [-0.3, -0.25) is 4.98 Å². The summed E-state index contributed by atoms with van der Waals surface area (Å²) in [6.45, 7) is 0.357. The van der Waals surface area contributed by atoms with Crippen LogP contribution in [0.15, 0.2) is 58.3 Å². The lowest BCUT2D eigenvalue weighted by Gasteiger charge is -2.07. The number of benzene rings is 1. The highest BCUT2D eigenvalue weighted by Gasteiger charge is 2.14. The zero-order chi connectivity index (χ0) is 14.7. The SMILES string of the molecule is O=S(=O)(NCCc1cccc2cccnc12)c1cccs1. The van der Waals surface area contributed by atoms with E-state index in [-0.39, 0.29) is 0 Å². The summed E-state index contributed by atoms with van der Waals surface area (Å²) in [4.78, 5) is 4.37. The Balaban J connectivity index is 1.73. The number of nitrogens with one attached hydrogen (secondary N) is 1. The van der Waals surface area contributed by atoms with E-state index >= 15 is 0 Å². The van der Waals surface area contributed by atoms with Crippen molar-refractivity contribution in [2.24, 2.45) is 0 Å². The van der Waals surface area contributed by atoms with Gasteiger partial charge in [-0.15, -0.1) is 11.3 Å². The number of hydrogen-bond donors (Lipinski definition) is 1. The smallest absolute Gasteiger partial charge is 0.250 e. The van der Waals surface area contributed by atoms with E-state index in [4.69, 9.17) is 0 Å². The van der Waals surface area contributed by atoms with E-state index in [2.05, 4.69) is 9.71 Å². The Morgan fingerprint density at radius 2 is 1.95 bits per heavy atom. The average molecular weight is 318 g/mol. The van der Waals surface area contributed by atoms with Crippen LogP contribution in [0.4, 0.5) is 0 Å². The van der Waals surface area contributed by atoms with Crippen molar-refractivity contribution in [1.82, 2.24) is 9.71 Å². The van der Waals surface area contributed by atoms with Crippen molar-refractivity contribution in [2.75, 3.05) is 6.54 Å². The number of nitrogens with zero attached hydrogens (tertiary/aromatic N) is 1. The standard InChI is InChI=1S/C15H14N2O2S2/c18-21(19,14-7-3-11-20-14)17-10-8-13-5-1-4-12-6-2-9-16-15(12)13/h1-7,9,11,17H,8,10H2. The van der Waals surface area contributed by atoms with E-state index in [1.165, 1.54) is 11.3 Å². The summed E-state index contributed by atoms with van der Waals surface area (Å²) >= 11 is 1.22. The molecule has 0 saturated carbocycles. The molecule has 0 atom stereocenters. The number of sulfonamides is 1. The first-order chi connectivity index (χ1) is 10.2. The molecule has 1 aromatic carbocycles. The van der Waals surface area contributed by atoms with E-state index < -0.39 is 10.0 Å². The van der Waals surface area contributed by atoms with Crippen LogP contribution in [-0.4, -0.2) is 19.9 Å². The minimum absolute atomic E-state index is 0.346. The molecule has 0 aliphatic rings. The fourth-order valence-electron chi connectivity index (χ4n) is 2.18. The summed E-state index contributed by atoms with van der Waals surface area (Å²) in [5.41, 5.74) is 1.97. The van der Waals surface area contributed by atoms with Crippen LogP contribution in [-0.2, 0) is 16.4 Å². The van der Waals surface area contributed by atoms with Gasteiger partial charge in [0, 0.05) is 18.1 Å². The molecule has 21 heavy (non-hydrogen) atoms. The van der Waals surface area contributed by atoms with Gasteiger partial charge in [0.15, 0.2) is 0 Å². The highest BCUT2D eigenvalue weighted by Crippen LogP contribution is 2.17. The largest absolute Gasteiger partial charge is 0.256 e. The minimum Gasteiger partial charge on any atom is -0.256 e. The quantitative estimate of drug-likeness (QED) is 0.787. The number of thiophene rings is 1. The van der Waals surface area contributed by atoms with E-state index in [1.807, 2.05) is 30.3 Å². The number of fused-ring (bicyclic) bond motifs is 1. The van der Waals surface area contributed by atoms with Gasteiger partial charge in [-0.2, -0.15) is 0 Å². The predicted octanol–water partition coefficient (Wildman–Crippen LogP) is 2.82. The molecule has 1 N–H and O–H groups in total. The molecule has 0 spiro atoms. The zero-order valence-corrected chi connectivity index (χ0v) is 12.8. The third-order valence-electron chi connectivity index (χ3n) is 3.16. The molecule has 3 rings (SSSR count). The molecular formula is C15H14N2O2S2. The number of hydrogen-bond acceptors (Lipinski definition) is 4. The number of rotatable bonds is 5. The molecule has 4 nitrogen and oxygen atoms in total. The van der Waals surface area contributed by atoms with Crippen LogP contribution in [0.3, 0.4) is 0 Å². The summed E-state index contributed by atoms with van der Waals surface area (Å²) in [5.74, 6) is 0. The molecule has 0 unspecified atom stereocenters. The number of para-hydroxylation sites is 1. The first-order valence-electron chi connectivity index (χ1n) is 6.53. The second-order valence-electron chi connectivity index (χ2n) is 4.57. The lowest BCUT2D eigenvalue weighted by atomic mass is 10.1. The molecule has 0 fully saturated rings. The zero-order valence-electron chi connectivity index (χ0n) is 11.2. The van der Waals surface area contributed by atoms with Crippen LogP contribution >= 0.6 is 11.3 Å². The fourth-order valence-corrected chi connectivity index (χ4v) is 4.25. The minimum atomic E-state index is -3.39. The van der Waals surface area contributed by atoms with Crippen molar-refractivity contribution >= 4 is 32.3 Å². The maximum absolute atomic E-state index is 12.0. The van der Waals surface area contributed by atoms with Crippen molar-refractivity contribution in [2.45, 2.75) is 10.6 Å². The highest BCUT2D eigenvalue weighted by atomic mass is 32.2. The van der Waals surface area contributed by atoms with E-state index in [0.29, 0.717) is 17.2 Å². The van der Waals surface area contributed by atoms with Crippen molar-refractivity contribution in [3.63, 3.8) is 0 Å². The Labute approximate surface area is 127 Å². The second-order valence-corrected chi connectivity index (χ2v) is 7.51.